The molecule has 2 N–H and O–H groups in total. The zero-order chi connectivity index (χ0) is 14.9. The summed E-state index contributed by atoms with van der Waals surface area (Å²) in [6.45, 7) is 7.75. The number of hydrogen-bond donors (Lipinski definition) is 1. The van der Waals surface area contributed by atoms with Gasteiger partial charge < -0.3 is 5.73 Å². The third-order valence-corrected chi connectivity index (χ3v) is 5.84. The number of aryl methyl sites for hydroxylation is 1. The molecule has 1 aliphatic heterocycles. The van der Waals surface area contributed by atoms with Gasteiger partial charge in [-0.05, 0) is 48.4 Å². The van der Waals surface area contributed by atoms with Crippen LogP contribution >= 0.6 is 0 Å². The second-order valence-electron chi connectivity index (χ2n) is 6.06. The fourth-order valence-corrected chi connectivity index (χ4v) is 4.71. The van der Waals surface area contributed by atoms with Gasteiger partial charge in [0.05, 0.1) is 4.90 Å². The first-order chi connectivity index (χ1) is 9.34. The lowest BCUT2D eigenvalue weighted by Crippen LogP contribution is -2.42. The van der Waals surface area contributed by atoms with E-state index in [1.54, 1.807) is 16.4 Å². The fraction of sp³-hybridized carbons (Fsp3) is 0.600. The van der Waals surface area contributed by atoms with Crippen LogP contribution in [0.2, 0.25) is 0 Å². The lowest BCUT2D eigenvalue weighted by atomic mass is 9.94. The van der Waals surface area contributed by atoms with Crippen molar-refractivity contribution in [2.45, 2.75) is 38.6 Å². The third-order valence-electron chi connectivity index (χ3n) is 4.01. The Hall–Kier alpha value is -0.910. The first kappa shape index (κ1) is 15.5. The lowest BCUT2D eigenvalue weighted by Gasteiger charge is -2.34. The SMILES string of the molecule is Cc1ccc(S(=O)(=O)N2CC(C)CC(C)C2)cc1CN. The Morgan fingerprint density at radius 3 is 2.40 bits per heavy atom. The normalized spacial score (nSPS) is 24.8. The van der Waals surface area contributed by atoms with Crippen LogP contribution in [0.1, 0.15) is 31.4 Å². The van der Waals surface area contributed by atoms with Gasteiger partial charge >= 0.3 is 0 Å². The van der Waals surface area contributed by atoms with E-state index in [9.17, 15) is 8.42 Å². The van der Waals surface area contributed by atoms with Crippen molar-refractivity contribution in [3.8, 4) is 0 Å². The molecule has 112 valence electrons. The highest BCUT2D eigenvalue weighted by atomic mass is 32.2. The van der Waals surface area contributed by atoms with Crippen molar-refractivity contribution in [1.82, 2.24) is 4.31 Å². The summed E-state index contributed by atoms with van der Waals surface area (Å²) >= 11 is 0. The molecule has 4 nitrogen and oxygen atoms in total. The summed E-state index contributed by atoms with van der Waals surface area (Å²) in [5, 5.41) is 0. The van der Waals surface area contributed by atoms with Gasteiger partial charge in [0.1, 0.15) is 0 Å². The third kappa shape index (κ3) is 3.05. The lowest BCUT2D eigenvalue weighted by molar-refractivity contribution is 0.222. The van der Waals surface area contributed by atoms with Gasteiger partial charge in [0.15, 0.2) is 0 Å². The molecule has 0 amide bonds. The predicted molar refractivity (Wildman–Crippen MR) is 80.8 cm³/mol. The van der Waals surface area contributed by atoms with E-state index in [4.69, 9.17) is 5.73 Å². The van der Waals surface area contributed by atoms with Crippen molar-refractivity contribution in [2.75, 3.05) is 13.1 Å². The Labute approximate surface area is 122 Å². The number of hydrogen-bond acceptors (Lipinski definition) is 3. The summed E-state index contributed by atoms with van der Waals surface area (Å²) in [5.41, 5.74) is 7.60. The Morgan fingerprint density at radius 2 is 1.85 bits per heavy atom. The number of nitrogens with two attached hydrogens (primary N) is 1. The van der Waals surface area contributed by atoms with E-state index in [0.29, 0.717) is 36.4 Å². The molecule has 1 aliphatic rings. The Kier molecular flexibility index (Phi) is 4.52. The summed E-state index contributed by atoms with van der Waals surface area (Å²) in [5.74, 6) is 0.820. The number of benzene rings is 1. The van der Waals surface area contributed by atoms with Crippen LogP contribution in [0.25, 0.3) is 0 Å². The van der Waals surface area contributed by atoms with Crippen LogP contribution in [0.5, 0.6) is 0 Å². The summed E-state index contributed by atoms with van der Waals surface area (Å²) in [4.78, 5) is 0.366. The highest BCUT2D eigenvalue weighted by molar-refractivity contribution is 7.89. The molecule has 0 bridgehead atoms. The molecule has 0 aliphatic carbocycles. The molecule has 5 heteroatoms. The number of piperidine rings is 1. The molecule has 0 radical (unpaired) electrons. The molecule has 0 saturated carbocycles. The molecule has 2 atom stereocenters. The molecular formula is C15H24N2O2S. The molecular weight excluding hydrogens is 272 g/mol. The van der Waals surface area contributed by atoms with Crippen LogP contribution < -0.4 is 5.73 Å². The number of nitrogens with zero attached hydrogens (tertiary/aromatic N) is 1. The number of sulfonamides is 1. The van der Waals surface area contributed by atoms with Gasteiger partial charge in [-0.2, -0.15) is 4.31 Å². The average Bonchev–Trinajstić information content (AvgIpc) is 2.37. The average molecular weight is 296 g/mol. The van der Waals surface area contributed by atoms with Gasteiger partial charge in [-0.3, -0.25) is 0 Å². The Balaban J connectivity index is 2.34. The fourth-order valence-electron chi connectivity index (χ4n) is 2.98. The largest absolute Gasteiger partial charge is 0.326 e. The van der Waals surface area contributed by atoms with Gasteiger partial charge in [-0.25, -0.2) is 8.42 Å². The second-order valence-corrected chi connectivity index (χ2v) is 8.00. The van der Waals surface area contributed by atoms with E-state index < -0.39 is 10.0 Å². The van der Waals surface area contributed by atoms with Crippen LogP contribution in [0.3, 0.4) is 0 Å². The smallest absolute Gasteiger partial charge is 0.243 e. The van der Waals surface area contributed by atoms with Gasteiger partial charge in [-0.15, -0.1) is 0 Å². The van der Waals surface area contributed by atoms with Crippen molar-refractivity contribution < 1.29 is 8.42 Å². The van der Waals surface area contributed by atoms with Crippen LogP contribution in [0.4, 0.5) is 0 Å². The standard InChI is InChI=1S/C15H24N2O2S/c1-11-6-12(2)10-17(9-11)20(18,19)15-5-4-13(3)14(7-15)8-16/h4-5,7,11-12H,6,8-10,16H2,1-3H3. The monoisotopic (exact) mass is 296 g/mol. The maximum absolute atomic E-state index is 12.7. The molecule has 2 rings (SSSR count). The Morgan fingerprint density at radius 1 is 1.25 bits per heavy atom. The van der Waals surface area contributed by atoms with E-state index in [-0.39, 0.29) is 0 Å². The first-order valence-electron chi connectivity index (χ1n) is 7.14. The van der Waals surface area contributed by atoms with Crippen molar-refractivity contribution >= 4 is 10.0 Å². The molecule has 0 aromatic heterocycles. The maximum Gasteiger partial charge on any atom is 0.243 e. The van der Waals surface area contributed by atoms with Gasteiger partial charge in [0, 0.05) is 19.6 Å². The minimum atomic E-state index is -3.40. The predicted octanol–water partition coefficient (Wildman–Crippen LogP) is 2.12. The van der Waals surface area contributed by atoms with E-state index >= 15 is 0 Å². The molecule has 2 unspecified atom stereocenters. The van der Waals surface area contributed by atoms with Crippen LogP contribution in [0.15, 0.2) is 23.1 Å². The van der Waals surface area contributed by atoms with E-state index in [1.165, 1.54) is 0 Å². The zero-order valence-electron chi connectivity index (χ0n) is 12.5. The summed E-state index contributed by atoms with van der Waals surface area (Å²) in [6, 6.07) is 5.24. The maximum atomic E-state index is 12.7. The molecule has 1 fully saturated rings. The molecule has 0 spiro atoms. The van der Waals surface area contributed by atoms with Crippen molar-refractivity contribution in [3.63, 3.8) is 0 Å². The summed E-state index contributed by atoms with van der Waals surface area (Å²) < 4.78 is 27.1. The minimum Gasteiger partial charge on any atom is -0.326 e. The minimum absolute atomic E-state index is 0.363. The van der Waals surface area contributed by atoms with E-state index in [0.717, 1.165) is 17.5 Å². The van der Waals surface area contributed by atoms with Gasteiger partial charge in [0.25, 0.3) is 0 Å². The molecule has 1 heterocycles. The van der Waals surface area contributed by atoms with Gasteiger partial charge in [0.2, 0.25) is 10.0 Å². The van der Waals surface area contributed by atoms with Crippen molar-refractivity contribution in [1.29, 1.82) is 0 Å². The zero-order valence-corrected chi connectivity index (χ0v) is 13.3. The van der Waals surface area contributed by atoms with Crippen LogP contribution in [-0.4, -0.2) is 25.8 Å². The van der Waals surface area contributed by atoms with Gasteiger partial charge in [-0.1, -0.05) is 19.9 Å². The second kappa shape index (κ2) is 5.84. The number of rotatable bonds is 3. The highest BCUT2D eigenvalue weighted by Gasteiger charge is 2.31. The summed E-state index contributed by atoms with van der Waals surface area (Å²) in [7, 11) is -3.40. The summed E-state index contributed by atoms with van der Waals surface area (Å²) in [6.07, 6.45) is 1.09. The molecule has 20 heavy (non-hydrogen) atoms. The highest BCUT2D eigenvalue weighted by Crippen LogP contribution is 2.27. The quantitative estimate of drug-likeness (QED) is 0.929. The van der Waals surface area contributed by atoms with Crippen LogP contribution in [-0.2, 0) is 16.6 Å². The van der Waals surface area contributed by atoms with Crippen LogP contribution in [0, 0.1) is 18.8 Å². The van der Waals surface area contributed by atoms with Crippen molar-refractivity contribution in [3.05, 3.63) is 29.3 Å². The molecule has 1 saturated heterocycles. The first-order valence-corrected chi connectivity index (χ1v) is 8.58. The molecule has 1 aromatic rings. The Bertz CT molecular complexity index is 574. The van der Waals surface area contributed by atoms with E-state index in [2.05, 4.69) is 13.8 Å². The van der Waals surface area contributed by atoms with E-state index in [1.807, 2.05) is 13.0 Å². The topological polar surface area (TPSA) is 63.4 Å². The van der Waals surface area contributed by atoms with Crippen molar-refractivity contribution in [2.24, 2.45) is 17.6 Å². The molecule has 1 aromatic carbocycles.